The fourth-order valence-corrected chi connectivity index (χ4v) is 4.36. The third kappa shape index (κ3) is 3.84. The molecule has 1 atom stereocenters. The molecule has 1 aliphatic heterocycles. The molecule has 7 heteroatoms. The van der Waals surface area contributed by atoms with Gasteiger partial charge in [0.25, 0.3) is 0 Å². The van der Waals surface area contributed by atoms with Crippen LogP contribution in [0.15, 0.2) is 23.1 Å². The first-order valence-corrected chi connectivity index (χ1v) is 8.79. The van der Waals surface area contributed by atoms with E-state index >= 15 is 0 Å². The minimum absolute atomic E-state index is 0.0977. The van der Waals surface area contributed by atoms with Crippen LogP contribution in [0.5, 0.6) is 0 Å². The summed E-state index contributed by atoms with van der Waals surface area (Å²) in [6, 6.07) is 4.12. The average molecular weight is 328 g/mol. The number of aryl methyl sites for hydroxylation is 1. The summed E-state index contributed by atoms with van der Waals surface area (Å²) in [5, 5.41) is 0. The van der Waals surface area contributed by atoms with Gasteiger partial charge in [0, 0.05) is 19.5 Å². The highest BCUT2D eigenvalue weighted by atomic mass is 32.2. The Hall–Kier alpha value is -1.47. The van der Waals surface area contributed by atoms with Crippen molar-refractivity contribution in [3.05, 3.63) is 29.6 Å². The predicted octanol–water partition coefficient (Wildman–Crippen LogP) is 1.80. The van der Waals surface area contributed by atoms with Crippen molar-refractivity contribution in [2.45, 2.75) is 37.5 Å². The molecule has 0 bridgehead atoms. The normalized spacial score (nSPS) is 20.5. The molecule has 1 fully saturated rings. The topological polar surface area (TPSA) is 80.5 Å². The van der Waals surface area contributed by atoms with Gasteiger partial charge in [-0.05, 0) is 49.8 Å². The van der Waals surface area contributed by atoms with Crippen molar-refractivity contribution in [2.24, 2.45) is 11.7 Å². The Bertz CT molecular complexity index is 661. The molecule has 1 amide bonds. The molecule has 1 heterocycles. The maximum Gasteiger partial charge on any atom is 0.245 e. The third-order valence-electron chi connectivity index (χ3n) is 4.00. The first-order chi connectivity index (χ1) is 10.3. The number of hydrogen-bond donors (Lipinski definition) is 1. The fraction of sp³-hybridized carbons (Fsp3) is 0.533. The van der Waals surface area contributed by atoms with Crippen molar-refractivity contribution in [3.63, 3.8) is 0 Å². The molecule has 0 aromatic heterocycles. The Balaban J connectivity index is 2.18. The molecule has 0 saturated carbocycles. The largest absolute Gasteiger partial charge is 0.370 e. The van der Waals surface area contributed by atoms with Crippen LogP contribution >= 0.6 is 0 Å². The highest BCUT2D eigenvalue weighted by molar-refractivity contribution is 7.89. The minimum atomic E-state index is -3.84. The average Bonchev–Trinajstić information content (AvgIpc) is 2.63. The number of amides is 1. The molecule has 1 aromatic rings. The number of nitrogens with zero attached hydrogens (tertiary/aromatic N) is 1. The Morgan fingerprint density at radius 2 is 2.09 bits per heavy atom. The number of hydrogen-bond acceptors (Lipinski definition) is 3. The molecule has 1 aliphatic rings. The van der Waals surface area contributed by atoms with Crippen LogP contribution in [0.2, 0.25) is 0 Å². The number of primary amides is 1. The third-order valence-corrected chi connectivity index (χ3v) is 5.93. The van der Waals surface area contributed by atoms with Crippen LogP contribution in [0, 0.1) is 18.7 Å². The van der Waals surface area contributed by atoms with Gasteiger partial charge in [0.15, 0.2) is 0 Å². The monoisotopic (exact) mass is 328 g/mol. The SMILES string of the molecule is Cc1ccc(S(=O)(=O)N2CCC[C@@H](CC(N)=O)CC2)c(F)c1. The summed E-state index contributed by atoms with van der Waals surface area (Å²) >= 11 is 0. The fourth-order valence-electron chi connectivity index (χ4n) is 2.82. The summed E-state index contributed by atoms with van der Waals surface area (Å²) in [5.74, 6) is -0.996. The standard InChI is InChI=1S/C15H21FN2O3S/c1-11-4-5-14(13(16)9-11)22(20,21)18-7-2-3-12(6-8-18)10-15(17)19/h4-5,9,12H,2-3,6-8,10H2,1H3,(H2,17,19)/t12-/m1/s1. The quantitative estimate of drug-likeness (QED) is 0.915. The smallest absolute Gasteiger partial charge is 0.245 e. The van der Waals surface area contributed by atoms with Crippen LogP contribution in [0.3, 0.4) is 0 Å². The van der Waals surface area contributed by atoms with E-state index in [4.69, 9.17) is 5.73 Å². The van der Waals surface area contributed by atoms with E-state index in [1.54, 1.807) is 13.0 Å². The van der Waals surface area contributed by atoms with Gasteiger partial charge in [-0.1, -0.05) is 6.07 Å². The molecule has 5 nitrogen and oxygen atoms in total. The molecule has 0 unspecified atom stereocenters. The summed E-state index contributed by atoms with van der Waals surface area (Å²) in [4.78, 5) is 10.7. The Kier molecular flexibility index (Phi) is 5.18. The number of rotatable bonds is 4. The van der Waals surface area contributed by atoms with E-state index < -0.39 is 15.8 Å². The lowest BCUT2D eigenvalue weighted by molar-refractivity contribution is -0.119. The number of carbonyl (C=O) groups excluding carboxylic acids is 1. The van der Waals surface area contributed by atoms with Gasteiger partial charge in [-0.15, -0.1) is 0 Å². The summed E-state index contributed by atoms with van der Waals surface area (Å²) < 4.78 is 40.5. The first-order valence-electron chi connectivity index (χ1n) is 7.35. The van der Waals surface area contributed by atoms with E-state index in [9.17, 15) is 17.6 Å². The lowest BCUT2D eigenvalue weighted by Crippen LogP contribution is -2.32. The van der Waals surface area contributed by atoms with Gasteiger partial charge in [-0.25, -0.2) is 12.8 Å². The zero-order chi connectivity index (χ0) is 16.3. The molecule has 1 saturated heterocycles. The van der Waals surface area contributed by atoms with Crippen LogP contribution in [-0.2, 0) is 14.8 Å². The second-order valence-electron chi connectivity index (χ2n) is 5.81. The molecule has 2 rings (SSSR count). The van der Waals surface area contributed by atoms with Crippen molar-refractivity contribution in [1.82, 2.24) is 4.31 Å². The first kappa shape index (κ1) is 16.9. The predicted molar refractivity (Wildman–Crippen MR) is 81.0 cm³/mol. The molecular formula is C15H21FN2O3S. The van der Waals surface area contributed by atoms with E-state index in [0.717, 1.165) is 6.42 Å². The van der Waals surface area contributed by atoms with Gasteiger partial charge in [-0.2, -0.15) is 4.31 Å². The van der Waals surface area contributed by atoms with E-state index in [-0.39, 0.29) is 29.7 Å². The number of carbonyl (C=O) groups is 1. The highest BCUT2D eigenvalue weighted by Gasteiger charge is 2.30. The van der Waals surface area contributed by atoms with Crippen LogP contribution in [0.4, 0.5) is 4.39 Å². The number of halogens is 1. The van der Waals surface area contributed by atoms with Crippen LogP contribution < -0.4 is 5.73 Å². The Morgan fingerprint density at radius 1 is 1.36 bits per heavy atom. The van der Waals surface area contributed by atoms with E-state index in [0.29, 0.717) is 24.9 Å². The summed E-state index contributed by atoms with van der Waals surface area (Å²) in [6.45, 7) is 2.33. The zero-order valence-corrected chi connectivity index (χ0v) is 13.4. The van der Waals surface area contributed by atoms with Gasteiger partial charge in [0.05, 0.1) is 0 Å². The van der Waals surface area contributed by atoms with Gasteiger partial charge >= 0.3 is 0 Å². The second-order valence-corrected chi connectivity index (χ2v) is 7.71. The van der Waals surface area contributed by atoms with Crippen molar-refractivity contribution < 1.29 is 17.6 Å². The van der Waals surface area contributed by atoms with Gasteiger partial charge in [0.1, 0.15) is 10.7 Å². The van der Waals surface area contributed by atoms with E-state index in [1.165, 1.54) is 16.4 Å². The van der Waals surface area contributed by atoms with Gasteiger partial charge < -0.3 is 5.73 Å². The Labute approximate surface area is 130 Å². The lowest BCUT2D eigenvalue weighted by Gasteiger charge is -2.20. The maximum absolute atomic E-state index is 14.0. The van der Waals surface area contributed by atoms with Crippen LogP contribution in [-0.4, -0.2) is 31.7 Å². The molecule has 1 aromatic carbocycles. The molecule has 0 spiro atoms. The van der Waals surface area contributed by atoms with Gasteiger partial charge in [-0.3, -0.25) is 4.79 Å². The second kappa shape index (κ2) is 6.75. The molecule has 0 radical (unpaired) electrons. The van der Waals surface area contributed by atoms with E-state index in [2.05, 4.69) is 0 Å². The zero-order valence-electron chi connectivity index (χ0n) is 12.6. The van der Waals surface area contributed by atoms with E-state index in [1.807, 2.05) is 0 Å². The van der Waals surface area contributed by atoms with Gasteiger partial charge in [0.2, 0.25) is 15.9 Å². The highest BCUT2D eigenvalue weighted by Crippen LogP contribution is 2.26. The number of sulfonamides is 1. The number of benzene rings is 1. The summed E-state index contributed by atoms with van der Waals surface area (Å²) in [7, 11) is -3.84. The van der Waals surface area contributed by atoms with Crippen LogP contribution in [0.25, 0.3) is 0 Å². The van der Waals surface area contributed by atoms with Crippen molar-refractivity contribution in [3.8, 4) is 0 Å². The Morgan fingerprint density at radius 3 is 2.73 bits per heavy atom. The molecular weight excluding hydrogens is 307 g/mol. The molecule has 22 heavy (non-hydrogen) atoms. The molecule has 2 N–H and O–H groups in total. The van der Waals surface area contributed by atoms with Crippen molar-refractivity contribution in [2.75, 3.05) is 13.1 Å². The summed E-state index contributed by atoms with van der Waals surface area (Å²) in [6.07, 6.45) is 2.23. The summed E-state index contributed by atoms with van der Waals surface area (Å²) in [5.41, 5.74) is 5.87. The maximum atomic E-state index is 14.0. The van der Waals surface area contributed by atoms with Crippen molar-refractivity contribution >= 4 is 15.9 Å². The molecule has 0 aliphatic carbocycles. The van der Waals surface area contributed by atoms with Crippen molar-refractivity contribution in [1.29, 1.82) is 0 Å². The molecule has 122 valence electrons. The lowest BCUT2D eigenvalue weighted by atomic mass is 9.97. The number of nitrogens with two attached hydrogens (primary N) is 1. The minimum Gasteiger partial charge on any atom is -0.370 e. The van der Waals surface area contributed by atoms with Crippen LogP contribution in [0.1, 0.15) is 31.2 Å².